The van der Waals surface area contributed by atoms with E-state index in [9.17, 15) is 4.79 Å². The lowest BCUT2D eigenvalue weighted by Crippen LogP contribution is -2.36. The van der Waals surface area contributed by atoms with E-state index in [1.54, 1.807) is 0 Å². The molecule has 2 N–H and O–H groups in total. The Morgan fingerprint density at radius 3 is 2.55 bits per heavy atom. The lowest BCUT2D eigenvalue weighted by atomic mass is 9.68. The fourth-order valence-corrected chi connectivity index (χ4v) is 6.96. The first kappa shape index (κ1) is 17.6. The molecule has 6 rings (SSSR count). The maximum Gasteiger partial charge on any atom is 0.251 e. The molecule has 2 aromatic carbocycles. The third-order valence-electron chi connectivity index (χ3n) is 8.20. The predicted molar refractivity (Wildman–Crippen MR) is 116 cm³/mol. The van der Waals surface area contributed by atoms with Crippen LogP contribution in [0.4, 0.5) is 5.69 Å². The summed E-state index contributed by atoms with van der Waals surface area (Å²) in [6, 6.07) is 18.1. The van der Waals surface area contributed by atoms with Crippen LogP contribution in [0.2, 0.25) is 0 Å². The van der Waals surface area contributed by atoms with Crippen molar-refractivity contribution in [2.45, 2.75) is 62.9 Å². The van der Waals surface area contributed by atoms with Gasteiger partial charge < -0.3 is 10.6 Å². The zero-order valence-corrected chi connectivity index (χ0v) is 16.9. The lowest BCUT2D eigenvalue weighted by molar-refractivity contribution is 0.0937. The number of rotatable bonds is 3. The largest absolute Gasteiger partial charge is 0.378 e. The number of anilines is 1. The third kappa shape index (κ3) is 2.89. The summed E-state index contributed by atoms with van der Waals surface area (Å²) in [6.07, 6.45) is 8.83. The highest BCUT2D eigenvalue weighted by Gasteiger charge is 2.53. The Morgan fingerprint density at radius 1 is 0.931 bits per heavy atom. The summed E-state index contributed by atoms with van der Waals surface area (Å²) in [4.78, 5) is 12.9. The number of hydrogen-bond acceptors (Lipinski definition) is 2. The van der Waals surface area contributed by atoms with Crippen molar-refractivity contribution in [2.75, 3.05) is 5.32 Å². The van der Waals surface area contributed by atoms with Crippen molar-refractivity contribution < 1.29 is 4.79 Å². The first-order valence-corrected chi connectivity index (χ1v) is 11.5. The van der Waals surface area contributed by atoms with Gasteiger partial charge in [-0.1, -0.05) is 43.2 Å². The minimum absolute atomic E-state index is 0.115. The molecule has 4 aliphatic rings. The Bertz CT molecular complexity index is 918. The number of carbonyl (C=O) groups is 1. The molecule has 0 radical (unpaired) electrons. The molecule has 0 unspecified atom stereocenters. The second kappa shape index (κ2) is 6.90. The van der Waals surface area contributed by atoms with Gasteiger partial charge in [-0.25, -0.2) is 0 Å². The quantitative estimate of drug-likeness (QED) is 0.715. The van der Waals surface area contributed by atoms with Crippen LogP contribution in [-0.4, -0.2) is 11.9 Å². The van der Waals surface area contributed by atoms with Crippen LogP contribution in [0.25, 0.3) is 0 Å². The summed E-state index contributed by atoms with van der Waals surface area (Å²) in [5.74, 6) is 2.95. The summed E-state index contributed by atoms with van der Waals surface area (Å²) >= 11 is 0. The molecule has 3 heteroatoms. The Balaban J connectivity index is 1.35. The maximum absolute atomic E-state index is 12.9. The fourth-order valence-electron chi connectivity index (χ4n) is 6.96. The number of carbonyl (C=O) groups excluding carboxylic acids is 1. The molecule has 29 heavy (non-hydrogen) atoms. The van der Waals surface area contributed by atoms with Gasteiger partial charge in [0.15, 0.2) is 0 Å². The maximum atomic E-state index is 12.9. The average Bonchev–Trinajstić information content (AvgIpc) is 3.51. The van der Waals surface area contributed by atoms with Gasteiger partial charge in [-0.15, -0.1) is 0 Å². The van der Waals surface area contributed by atoms with Gasteiger partial charge in [0.05, 0.1) is 6.04 Å². The van der Waals surface area contributed by atoms with Crippen LogP contribution in [0.15, 0.2) is 48.5 Å². The molecule has 1 aliphatic heterocycles. The molecule has 0 spiro atoms. The average molecular weight is 387 g/mol. The van der Waals surface area contributed by atoms with Crippen molar-refractivity contribution in [3.05, 3.63) is 65.2 Å². The molecule has 0 saturated heterocycles. The molecule has 3 fully saturated rings. The molecular weight excluding hydrogens is 356 g/mol. The normalized spacial score (nSPS) is 32.5. The van der Waals surface area contributed by atoms with Crippen LogP contribution in [0.5, 0.6) is 0 Å². The van der Waals surface area contributed by atoms with Crippen LogP contribution in [0.3, 0.4) is 0 Å². The Hall–Kier alpha value is -2.29. The highest BCUT2D eigenvalue weighted by molar-refractivity contribution is 5.95. The number of nitrogens with one attached hydrogen (secondary N) is 2. The van der Waals surface area contributed by atoms with E-state index in [0.29, 0.717) is 23.9 Å². The van der Waals surface area contributed by atoms with E-state index in [4.69, 9.17) is 0 Å². The van der Waals surface area contributed by atoms with E-state index in [0.717, 1.165) is 30.2 Å². The highest BCUT2D eigenvalue weighted by atomic mass is 16.1. The molecule has 1 heterocycles. The van der Waals surface area contributed by atoms with Crippen molar-refractivity contribution in [1.82, 2.24) is 5.32 Å². The molecule has 3 saturated carbocycles. The molecule has 5 atom stereocenters. The molecule has 3 aliphatic carbocycles. The Labute approximate surface area is 173 Å². The topological polar surface area (TPSA) is 41.1 Å². The molecule has 150 valence electrons. The Kier molecular flexibility index (Phi) is 4.18. The van der Waals surface area contributed by atoms with Crippen molar-refractivity contribution >= 4 is 11.6 Å². The van der Waals surface area contributed by atoms with Crippen LogP contribution in [0.1, 0.15) is 78.4 Å². The number of benzene rings is 2. The summed E-state index contributed by atoms with van der Waals surface area (Å²) < 4.78 is 0. The predicted octanol–water partition coefficient (Wildman–Crippen LogP) is 5.66. The standard InChI is InChI=1S/C26H30N2O/c29-26(27-20-8-4-5-9-20)19-12-13-22-21(15-19)23-17-10-11-18(14-17)24(23)25(28-22)16-6-2-1-3-7-16/h1-3,6-7,12-13,15,17-18,20,23-25,28H,4-5,8-11,14H2,(H,27,29)/t17-,18-,23+,24-,25-/m0/s1. The van der Waals surface area contributed by atoms with Crippen LogP contribution in [0, 0.1) is 17.8 Å². The van der Waals surface area contributed by atoms with E-state index in [-0.39, 0.29) is 5.91 Å². The second-order valence-electron chi connectivity index (χ2n) is 9.73. The van der Waals surface area contributed by atoms with E-state index in [1.807, 2.05) is 6.07 Å². The first-order chi connectivity index (χ1) is 14.3. The van der Waals surface area contributed by atoms with Gasteiger partial charge in [-0.2, -0.15) is 0 Å². The monoisotopic (exact) mass is 386 g/mol. The summed E-state index contributed by atoms with van der Waals surface area (Å²) in [5.41, 5.74) is 4.89. The van der Waals surface area contributed by atoms with Crippen LogP contribution < -0.4 is 10.6 Å². The molecule has 2 aromatic rings. The van der Waals surface area contributed by atoms with E-state index in [1.165, 1.54) is 48.9 Å². The second-order valence-corrected chi connectivity index (χ2v) is 9.73. The number of hydrogen-bond donors (Lipinski definition) is 2. The molecule has 0 aromatic heterocycles. The Morgan fingerprint density at radius 2 is 1.72 bits per heavy atom. The van der Waals surface area contributed by atoms with Gasteiger partial charge in [0.1, 0.15) is 0 Å². The zero-order chi connectivity index (χ0) is 19.4. The van der Waals surface area contributed by atoms with E-state index < -0.39 is 0 Å². The summed E-state index contributed by atoms with van der Waals surface area (Å²) in [6.45, 7) is 0. The lowest BCUT2D eigenvalue weighted by Gasteiger charge is -2.43. The smallest absolute Gasteiger partial charge is 0.251 e. The molecular formula is C26H30N2O. The molecule has 1 amide bonds. The van der Waals surface area contributed by atoms with Crippen molar-refractivity contribution in [1.29, 1.82) is 0 Å². The third-order valence-corrected chi connectivity index (χ3v) is 8.20. The molecule has 3 nitrogen and oxygen atoms in total. The van der Waals surface area contributed by atoms with Crippen LogP contribution >= 0.6 is 0 Å². The van der Waals surface area contributed by atoms with Gasteiger partial charge in [0.2, 0.25) is 0 Å². The van der Waals surface area contributed by atoms with Gasteiger partial charge >= 0.3 is 0 Å². The minimum Gasteiger partial charge on any atom is -0.378 e. The fraction of sp³-hybridized carbons (Fsp3) is 0.500. The number of fused-ring (bicyclic) bond motifs is 7. The van der Waals surface area contributed by atoms with Crippen molar-refractivity contribution in [3.8, 4) is 0 Å². The SMILES string of the molecule is O=C(NC1CCCC1)c1ccc2c(c1)[C@H]1[C@H]3CC[C@@H](C3)[C@@H]1[C@H](c1ccccc1)N2. The van der Waals surface area contributed by atoms with E-state index in [2.05, 4.69) is 53.1 Å². The minimum atomic E-state index is 0.115. The van der Waals surface area contributed by atoms with Gasteiger partial charge in [-0.3, -0.25) is 4.79 Å². The van der Waals surface area contributed by atoms with Crippen molar-refractivity contribution in [2.24, 2.45) is 17.8 Å². The first-order valence-electron chi connectivity index (χ1n) is 11.5. The zero-order valence-electron chi connectivity index (χ0n) is 16.9. The molecule has 2 bridgehead atoms. The van der Waals surface area contributed by atoms with Gasteiger partial charge in [-0.05, 0) is 85.1 Å². The van der Waals surface area contributed by atoms with Gasteiger partial charge in [0, 0.05) is 17.3 Å². The summed E-state index contributed by atoms with van der Waals surface area (Å²) in [5, 5.41) is 7.15. The number of amides is 1. The van der Waals surface area contributed by atoms with E-state index >= 15 is 0 Å². The van der Waals surface area contributed by atoms with Crippen molar-refractivity contribution in [3.63, 3.8) is 0 Å². The summed E-state index contributed by atoms with van der Waals surface area (Å²) in [7, 11) is 0. The van der Waals surface area contributed by atoms with Crippen LogP contribution in [-0.2, 0) is 0 Å². The highest BCUT2D eigenvalue weighted by Crippen LogP contribution is 2.63. The van der Waals surface area contributed by atoms with Gasteiger partial charge in [0.25, 0.3) is 5.91 Å².